The van der Waals surface area contributed by atoms with E-state index in [-0.39, 0.29) is 5.78 Å². The molecule has 0 aliphatic heterocycles. The minimum atomic E-state index is -1.34. The summed E-state index contributed by atoms with van der Waals surface area (Å²) in [4.78, 5) is 14.8. The molecular weight excluding hydrogens is 242 g/mol. The van der Waals surface area contributed by atoms with Crippen molar-refractivity contribution in [3.05, 3.63) is 40.3 Å². The normalized spacial score (nSPS) is 10.9. The predicted octanol–water partition coefficient (Wildman–Crippen LogP) is 3.01. The molecule has 0 aromatic heterocycles. The molecule has 0 fully saturated rings. The number of carbonyl (C=O) groups is 1. The number of nitrogens with zero attached hydrogens (tertiary/aromatic N) is 3. The summed E-state index contributed by atoms with van der Waals surface area (Å²) >= 11 is 0. The molecule has 0 bridgehead atoms. The number of Topliss-reactive ketones (excluding diaryl/α,β-unsaturated/α-hetero) is 1. The number of hydrogen-bond acceptors (Lipinski definition) is 4. The molecule has 6 heteroatoms. The maximum Gasteiger partial charge on any atom is 0.196 e. The van der Waals surface area contributed by atoms with E-state index in [1.807, 2.05) is 0 Å². The summed E-state index contributed by atoms with van der Waals surface area (Å²) in [6, 6.07) is 6.27. The van der Waals surface area contributed by atoms with E-state index < -0.39 is 5.66 Å². The van der Waals surface area contributed by atoms with Gasteiger partial charge in [0.05, 0.1) is 0 Å². The molecule has 1 aromatic carbocycles. The van der Waals surface area contributed by atoms with E-state index in [0.29, 0.717) is 17.7 Å². The Balaban J connectivity index is 2.77. The third-order valence-electron chi connectivity index (χ3n) is 2.91. The van der Waals surface area contributed by atoms with Gasteiger partial charge in [0.15, 0.2) is 5.78 Å². The molecule has 4 N–H and O–H groups in total. The fourth-order valence-corrected chi connectivity index (χ4v) is 1.78. The summed E-state index contributed by atoms with van der Waals surface area (Å²) in [5.74, 6) is -0.295. The smallest absolute Gasteiger partial charge is 0.196 e. The largest absolute Gasteiger partial charge is 0.307 e. The Labute approximate surface area is 112 Å². The Bertz CT molecular complexity index is 474. The second-order valence-electron chi connectivity index (χ2n) is 4.56. The first-order chi connectivity index (χ1) is 9.01. The molecule has 6 nitrogen and oxygen atoms in total. The van der Waals surface area contributed by atoms with Gasteiger partial charge >= 0.3 is 0 Å². The maximum absolute atomic E-state index is 12.2. The highest BCUT2D eigenvalue weighted by Gasteiger charge is 2.29. The SMILES string of the molecule is CCCCCC(N)(N)C(=O)c1ccc(N=[N+]=[N-])cc1. The molecule has 0 heterocycles. The van der Waals surface area contributed by atoms with Crippen LogP contribution in [0.5, 0.6) is 0 Å². The van der Waals surface area contributed by atoms with Crippen LogP contribution in [-0.4, -0.2) is 11.4 Å². The van der Waals surface area contributed by atoms with Crippen molar-refractivity contribution >= 4 is 11.5 Å². The maximum atomic E-state index is 12.2. The van der Waals surface area contributed by atoms with Crippen LogP contribution >= 0.6 is 0 Å². The quantitative estimate of drug-likeness (QED) is 0.196. The van der Waals surface area contributed by atoms with Crippen LogP contribution in [0.15, 0.2) is 29.4 Å². The van der Waals surface area contributed by atoms with Crippen molar-refractivity contribution in [2.24, 2.45) is 16.6 Å². The van der Waals surface area contributed by atoms with E-state index in [1.54, 1.807) is 24.3 Å². The molecule has 1 rings (SSSR count). The number of nitrogens with two attached hydrogens (primary N) is 2. The van der Waals surface area contributed by atoms with Crippen LogP contribution in [0.1, 0.15) is 43.0 Å². The molecule has 0 radical (unpaired) electrons. The van der Waals surface area contributed by atoms with E-state index in [4.69, 9.17) is 17.0 Å². The van der Waals surface area contributed by atoms with E-state index in [9.17, 15) is 4.79 Å². The number of benzene rings is 1. The summed E-state index contributed by atoms with van der Waals surface area (Å²) in [7, 11) is 0. The van der Waals surface area contributed by atoms with Gasteiger partial charge in [-0.05, 0) is 18.4 Å². The van der Waals surface area contributed by atoms with Gasteiger partial charge < -0.3 is 11.5 Å². The number of unbranched alkanes of at least 4 members (excludes halogenated alkanes) is 2. The summed E-state index contributed by atoms with van der Waals surface area (Å²) in [6.07, 6.45) is 3.33. The van der Waals surface area contributed by atoms with E-state index >= 15 is 0 Å². The fraction of sp³-hybridized carbons (Fsp3) is 0.462. The Hall–Kier alpha value is -1.88. The minimum absolute atomic E-state index is 0.295. The molecule has 0 atom stereocenters. The molecule has 102 valence electrons. The Morgan fingerprint density at radius 3 is 2.47 bits per heavy atom. The van der Waals surface area contributed by atoms with Crippen molar-refractivity contribution in [2.45, 2.75) is 38.3 Å². The predicted molar refractivity (Wildman–Crippen MR) is 74.8 cm³/mol. The standard InChI is InChI=1S/C13H19N5O/c1-2-3-4-9-13(14,15)12(19)10-5-7-11(8-6-10)17-18-16/h5-8H,2-4,9,14-15H2,1H3. The second-order valence-corrected chi connectivity index (χ2v) is 4.56. The number of azide groups is 1. The average molecular weight is 261 g/mol. The highest BCUT2D eigenvalue weighted by Crippen LogP contribution is 2.18. The number of hydrogen-bond donors (Lipinski definition) is 2. The number of carbonyl (C=O) groups excluding carboxylic acids is 1. The first-order valence-corrected chi connectivity index (χ1v) is 6.29. The zero-order valence-corrected chi connectivity index (χ0v) is 11.0. The van der Waals surface area contributed by atoms with Crippen LogP contribution in [0, 0.1) is 0 Å². The van der Waals surface area contributed by atoms with Crippen molar-refractivity contribution < 1.29 is 4.79 Å². The molecule has 0 saturated heterocycles. The van der Waals surface area contributed by atoms with E-state index in [2.05, 4.69) is 16.9 Å². The van der Waals surface area contributed by atoms with Crippen LogP contribution in [0.25, 0.3) is 10.4 Å². The van der Waals surface area contributed by atoms with Crippen LogP contribution in [0.2, 0.25) is 0 Å². The third-order valence-corrected chi connectivity index (χ3v) is 2.91. The summed E-state index contributed by atoms with van der Waals surface area (Å²) in [6.45, 7) is 2.07. The molecule has 0 spiro atoms. The van der Waals surface area contributed by atoms with Crippen molar-refractivity contribution in [1.82, 2.24) is 0 Å². The highest BCUT2D eigenvalue weighted by atomic mass is 16.1. The van der Waals surface area contributed by atoms with Crippen molar-refractivity contribution in [3.8, 4) is 0 Å². The summed E-state index contributed by atoms with van der Waals surface area (Å²) in [5.41, 5.74) is 19.6. The van der Waals surface area contributed by atoms with Gasteiger partial charge in [0.1, 0.15) is 5.66 Å². The summed E-state index contributed by atoms with van der Waals surface area (Å²) in [5, 5.41) is 3.44. The van der Waals surface area contributed by atoms with Gasteiger partial charge in [-0.3, -0.25) is 4.79 Å². The Kier molecular flexibility index (Phi) is 5.51. The lowest BCUT2D eigenvalue weighted by Crippen LogP contribution is -2.56. The van der Waals surface area contributed by atoms with Gasteiger partial charge in [0.2, 0.25) is 0 Å². The lowest BCUT2D eigenvalue weighted by Gasteiger charge is -2.23. The van der Waals surface area contributed by atoms with Crippen molar-refractivity contribution in [2.75, 3.05) is 0 Å². The van der Waals surface area contributed by atoms with Gasteiger partial charge in [-0.2, -0.15) is 0 Å². The fourth-order valence-electron chi connectivity index (χ4n) is 1.78. The Morgan fingerprint density at radius 1 is 1.32 bits per heavy atom. The number of ketones is 1. The molecular formula is C13H19N5O. The van der Waals surface area contributed by atoms with Gasteiger partial charge in [0, 0.05) is 16.2 Å². The molecule has 0 aliphatic carbocycles. The monoisotopic (exact) mass is 261 g/mol. The average Bonchev–Trinajstić information content (AvgIpc) is 2.39. The van der Waals surface area contributed by atoms with Gasteiger partial charge in [-0.25, -0.2) is 0 Å². The van der Waals surface area contributed by atoms with Crippen LogP contribution < -0.4 is 11.5 Å². The molecule has 0 amide bonds. The van der Waals surface area contributed by atoms with E-state index in [0.717, 1.165) is 19.3 Å². The highest BCUT2D eigenvalue weighted by molar-refractivity contribution is 6.02. The van der Waals surface area contributed by atoms with Crippen LogP contribution in [0.3, 0.4) is 0 Å². The van der Waals surface area contributed by atoms with Crippen LogP contribution in [0.4, 0.5) is 5.69 Å². The number of rotatable bonds is 7. The molecule has 0 saturated carbocycles. The van der Waals surface area contributed by atoms with E-state index in [1.165, 1.54) is 0 Å². The Morgan fingerprint density at radius 2 is 1.95 bits per heavy atom. The molecule has 0 aliphatic rings. The van der Waals surface area contributed by atoms with Gasteiger partial charge in [0.25, 0.3) is 0 Å². The molecule has 19 heavy (non-hydrogen) atoms. The zero-order chi connectivity index (χ0) is 14.3. The van der Waals surface area contributed by atoms with Crippen molar-refractivity contribution in [3.63, 3.8) is 0 Å². The van der Waals surface area contributed by atoms with Crippen LogP contribution in [-0.2, 0) is 0 Å². The molecule has 1 aromatic rings. The first kappa shape index (κ1) is 15.2. The van der Waals surface area contributed by atoms with Crippen molar-refractivity contribution in [1.29, 1.82) is 0 Å². The zero-order valence-electron chi connectivity index (χ0n) is 11.0. The van der Waals surface area contributed by atoms with Gasteiger partial charge in [-0.1, -0.05) is 49.1 Å². The second kappa shape index (κ2) is 6.89. The third kappa shape index (κ3) is 4.37. The topological polar surface area (TPSA) is 118 Å². The van der Waals surface area contributed by atoms with Gasteiger partial charge in [-0.15, -0.1) is 0 Å². The minimum Gasteiger partial charge on any atom is -0.307 e. The summed E-state index contributed by atoms with van der Waals surface area (Å²) < 4.78 is 0. The molecule has 0 unspecified atom stereocenters. The first-order valence-electron chi connectivity index (χ1n) is 6.29. The lowest BCUT2D eigenvalue weighted by molar-refractivity contribution is 0.0881. The lowest BCUT2D eigenvalue weighted by atomic mass is 9.94.